The van der Waals surface area contributed by atoms with Gasteiger partial charge in [-0.3, -0.25) is 4.72 Å². The molecule has 0 aliphatic heterocycles. The lowest BCUT2D eigenvalue weighted by molar-refractivity contribution is 0.601. The topological polar surface area (TPSA) is 85.1 Å². The third-order valence-corrected chi connectivity index (χ3v) is 5.05. The minimum atomic E-state index is -3.79. The van der Waals surface area contributed by atoms with E-state index in [9.17, 15) is 8.42 Å². The molecule has 0 radical (unpaired) electrons. The zero-order valence-electron chi connectivity index (χ0n) is 11.9. The van der Waals surface area contributed by atoms with E-state index in [0.717, 1.165) is 5.56 Å². The van der Waals surface area contributed by atoms with Gasteiger partial charge in [0, 0.05) is 0 Å². The summed E-state index contributed by atoms with van der Waals surface area (Å²) in [6.45, 7) is 5.24. The van der Waals surface area contributed by atoms with E-state index in [0.29, 0.717) is 22.1 Å². The molecule has 21 heavy (non-hydrogen) atoms. The summed E-state index contributed by atoms with van der Waals surface area (Å²) < 4.78 is 27.7. The molecule has 7 heteroatoms. The molecule has 112 valence electrons. The summed E-state index contributed by atoms with van der Waals surface area (Å²) in [5.41, 5.74) is 8.40. The number of nitrogens with zero attached hydrogens (tertiary/aromatic N) is 1. The average molecular weight is 326 g/mol. The maximum absolute atomic E-state index is 12.6. The molecule has 0 amide bonds. The minimum Gasteiger partial charge on any atom is -0.398 e. The summed E-state index contributed by atoms with van der Waals surface area (Å²) in [5, 5.41) is 0.307. The number of hydrogen-bond donors (Lipinski definition) is 2. The summed E-state index contributed by atoms with van der Waals surface area (Å²) in [7, 11) is -3.79. The second kappa shape index (κ2) is 5.54. The Labute approximate surface area is 129 Å². The molecule has 1 aromatic heterocycles. The highest BCUT2D eigenvalue weighted by atomic mass is 35.5. The van der Waals surface area contributed by atoms with Crippen LogP contribution in [0, 0.1) is 20.8 Å². The van der Waals surface area contributed by atoms with Crippen molar-refractivity contribution in [1.29, 1.82) is 0 Å². The lowest BCUT2D eigenvalue weighted by Gasteiger charge is -2.15. The van der Waals surface area contributed by atoms with Gasteiger partial charge in [0.25, 0.3) is 10.0 Å². The third-order valence-electron chi connectivity index (χ3n) is 3.27. The fourth-order valence-electron chi connectivity index (χ4n) is 2.00. The molecule has 0 aliphatic rings. The summed E-state index contributed by atoms with van der Waals surface area (Å²) in [4.78, 5) is 4.12. The Hall–Kier alpha value is -1.79. The lowest BCUT2D eigenvalue weighted by Crippen LogP contribution is -2.17. The predicted octanol–water partition coefficient (Wildman–Crippen LogP) is 3.04. The zero-order valence-corrected chi connectivity index (χ0v) is 13.5. The molecule has 3 N–H and O–H groups in total. The van der Waals surface area contributed by atoms with Crippen LogP contribution < -0.4 is 10.5 Å². The fourth-order valence-corrected chi connectivity index (χ4v) is 3.74. The van der Waals surface area contributed by atoms with Crippen LogP contribution in [-0.4, -0.2) is 13.4 Å². The molecule has 1 heterocycles. The number of nitrogens with one attached hydrogen (secondary N) is 1. The van der Waals surface area contributed by atoms with Crippen LogP contribution in [0.15, 0.2) is 29.2 Å². The minimum absolute atomic E-state index is 0.0943. The van der Waals surface area contributed by atoms with E-state index < -0.39 is 10.0 Å². The molecule has 0 saturated heterocycles. The number of anilines is 2. The Bertz CT molecular complexity index is 804. The molecule has 2 aromatic rings. The number of benzene rings is 1. The van der Waals surface area contributed by atoms with Crippen LogP contribution in [0.2, 0.25) is 5.15 Å². The van der Waals surface area contributed by atoms with Gasteiger partial charge < -0.3 is 5.73 Å². The first-order valence-corrected chi connectivity index (χ1v) is 8.10. The van der Waals surface area contributed by atoms with Gasteiger partial charge in [0.1, 0.15) is 10.0 Å². The van der Waals surface area contributed by atoms with Crippen molar-refractivity contribution in [2.24, 2.45) is 0 Å². The van der Waals surface area contributed by atoms with E-state index in [-0.39, 0.29) is 10.6 Å². The average Bonchev–Trinajstić information content (AvgIpc) is 2.37. The monoisotopic (exact) mass is 325 g/mol. The Balaban J connectivity index is 2.51. The molecule has 0 atom stereocenters. The highest BCUT2D eigenvalue weighted by Crippen LogP contribution is 2.28. The number of hydrogen-bond acceptors (Lipinski definition) is 4. The van der Waals surface area contributed by atoms with Gasteiger partial charge in [0.15, 0.2) is 0 Å². The quantitative estimate of drug-likeness (QED) is 0.671. The van der Waals surface area contributed by atoms with Gasteiger partial charge in [-0.2, -0.15) is 0 Å². The Morgan fingerprint density at radius 1 is 1.14 bits per heavy atom. The van der Waals surface area contributed by atoms with Crippen LogP contribution >= 0.6 is 11.6 Å². The van der Waals surface area contributed by atoms with Gasteiger partial charge in [-0.15, -0.1) is 0 Å². The lowest BCUT2D eigenvalue weighted by atomic mass is 10.1. The van der Waals surface area contributed by atoms with Gasteiger partial charge in [-0.05, 0) is 50.1 Å². The van der Waals surface area contributed by atoms with E-state index >= 15 is 0 Å². The van der Waals surface area contributed by atoms with Crippen LogP contribution in [0.3, 0.4) is 0 Å². The predicted molar refractivity (Wildman–Crippen MR) is 85.1 cm³/mol. The van der Waals surface area contributed by atoms with E-state index in [4.69, 9.17) is 17.3 Å². The molecule has 5 nitrogen and oxygen atoms in total. The summed E-state index contributed by atoms with van der Waals surface area (Å²) in [6, 6.07) is 6.48. The molecular weight excluding hydrogens is 310 g/mol. The van der Waals surface area contributed by atoms with Crippen molar-refractivity contribution in [3.8, 4) is 0 Å². The highest BCUT2D eigenvalue weighted by Gasteiger charge is 2.22. The van der Waals surface area contributed by atoms with E-state index in [1.165, 1.54) is 6.07 Å². The van der Waals surface area contributed by atoms with Crippen molar-refractivity contribution < 1.29 is 8.42 Å². The first-order chi connectivity index (χ1) is 9.72. The van der Waals surface area contributed by atoms with Crippen LogP contribution in [0.5, 0.6) is 0 Å². The van der Waals surface area contributed by atoms with Crippen molar-refractivity contribution in [3.63, 3.8) is 0 Å². The normalized spacial score (nSPS) is 11.4. The van der Waals surface area contributed by atoms with E-state index in [1.54, 1.807) is 32.0 Å². The second-order valence-electron chi connectivity index (χ2n) is 4.80. The number of aromatic nitrogens is 1. The second-order valence-corrected chi connectivity index (χ2v) is 6.80. The largest absolute Gasteiger partial charge is 0.398 e. The van der Waals surface area contributed by atoms with Gasteiger partial charge in [0.2, 0.25) is 0 Å². The number of rotatable bonds is 3. The Kier molecular flexibility index (Phi) is 4.11. The highest BCUT2D eigenvalue weighted by molar-refractivity contribution is 7.93. The maximum Gasteiger partial charge on any atom is 0.264 e. The molecule has 1 aromatic carbocycles. The third kappa shape index (κ3) is 3.11. The van der Waals surface area contributed by atoms with Gasteiger partial charge in [-0.25, -0.2) is 13.4 Å². The Morgan fingerprint density at radius 3 is 2.43 bits per heavy atom. The Morgan fingerprint density at radius 2 is 1.81 bits per heavy atom. The van der Waals surface area contributed by atoms with Gasteiger partial charge in [-0.1, -0.05) is 17.7 Å². The van der Waals surface area contributed by atoms with Gasteiger partial charge in [0.05, 0.1) is 17.1 Å². The van der Waals surface area contributed by atoms with Crippen molar-refractivity contribution in [2.45, 2.75) is 25.7 Å². The number of nitrogens with two attached hydrogens (primary N) is 1. The molecule has 2 rings (SSSR count). The van der Waals surface area contributed by atoms with Crippen LogP contribution in [0.4, 0.5) is 11.4 Å². The number of halogens is 1. The van der Waals surface area contributed by atoms with Crippen molar-refractivity contribution >= 4 is 33.0 Å². The van der Waals surface area contributed by atoms with Crippen LogP contribution in [0.25, 0.3) is 0 Å². The molecule has 0 unspecified atom stereocenters. The standard InChI is InChI=1S/C14H16ClN3O2S/c1-8-4-5-11(16)14(9(8)2)21(19,20)18-12-6-7-13(15)17-10(12)3/h4-7,18H,16H2,1-3H3. The van der Waals surface area contributed by atoms with E-state index in [2.05, 4.69) is 9.71 Å². The van der Waals surface area contributed by atoms with Crippen LogP contribution in [0.1, 0.15) is 16.8 Å². The summed E-state index contributed by atoms with van der Waals surface area (Å²) in [5.74, 6) is 0. The van der Waals surface area contributed by atoms with Crippen molar-refractivity contribution in [2.75, 3.05) is 10.5 Å². The molecule has 0 bridgehead atoms. The number of pyridine rings is 1. The zero-order chi connectivity index (χ0) is 15.8. The molecule has 0 saturated carbocycles. The molecular formula is C14H16ClN3O2S. The van der Waals surface area contributed by atoms with E-state index in [1.807, 2.05) is 6.92 Å². The first-order valence-electron chi connectivity index (χ1n) is 6.24. The summed E-state index contributed by atoms with van der Waals surface area (Å²) in [6.07, 6.45) is 0. The van der Waals surface area contributed by atoms with Crippen molar-refractivity contribution in [3.05, 3.63) is 46.2 Å². The maximum atomic E-state index is 12.6. The fraction of sp³-hybridized carbons (Fsp3) is 0.214. The molecule has 0 aliphatic carbocycles. The molecule has 0 spiro atoms. The number of aryl methyl sites for hydroxylation is 2. The summed E-state index contributed by atoms with van der Waals surface area (Å²) >= 11 is 5.77. The van der Waals surface area contributed by atoms with Gasteiger partial charge >= 0.3 is 0 Å². The van der Waals surface area contributed by atoms with Crippen LogP contribution in [-0.2, 0) is 10.0 Å². The smallest absolute Gasteiger partial charge is 0.264 e. The van der Waals surface area contributed by atoms with Crippen molar-refractivity contribution in [1.82, 2.24) is 4.98 Å². The number of sulfonamides is 1. The SMILES string of the molecule is Cc1ccc(N)c(S(=O)(=O)Nc2ccc(Cl)nc2C)c1C. The number of nitrogen functional groups attached to an aromatic ring is 1. The first kappa shape index (κ1) is 15.6. The molecule has 0 fully saturated rings.